The zero-order valence-electron chi connectivity index (χ0n) is 8.80. The molecule has 1 heteroatoms. The second-order valence-corrected chi connectivity index (χ2v) is 3.00. The van der Waals surface area contributed by atoms with Gasteiger partial charge in [0.25, 0.3) is 0 Å². The molecule has 78 valence electrons. The van der Waals surface area contributed by atoms with Crippen LogP contribution in [0.2, 0.25) is 0 Å². The zero-order valence-corrected chi connectivity index (χ0v) is 8.80. The van der Waals surface area contributed by atoms with Gasteiger partial charge in [0.05, 0.1) is 6.61 Å². The molecule has 0 amide bonds. The molecule has 1 rings (SSSR count). The summed E-state index contributed by atoms with van der Waals surface area (Å²) >= 11 is 0. The Bertz CT molecular complexity index is 322. The molecule has 0 aliphatic heterocycles. The van der Waals surface area contributed by atoms with E-state index in [1.165, 1.54) is 0 Å². The summed E-state index contributed by atoms with van der Waals surface area (Å²) < 4.78 is 5.52. The first-order valence-corrected chi connectivity index (χ1v) is 5.05. The number of allylic oxidation sites excluding steroid dienone is 4. The normalized spacial score (nSPS) is 10.9. The lowest BCUT2D eigenvalue weighted by molar-refractivity contribution is 0.325. The van der Waals surface area contributed by atoms with Gasteiger partial charge in [-0.05, 0) is 18.6 Å². The summed E-state index contributed by atoms with van der Waals surface area (Å²) in [6, 6.07) is 9.84. The minimum Gasteiger partial charge on any atom is -0.493 e. The van der Waals surface area contributed by atoms with Gasteiger partial charge in [-0.3, -0.25) is 0 Å². The first kappa shape index (κ1) is 11.3. The van der Waals surface area contributed by atoms with Gasteiger partial charge in [0.15, 0.2) is 0 Å². The van der Waals surface area contributed by atoms with E-state index >= 15 is 0 Å². The molecule has 0 saturated carbocycles. The Morgan fingerprint density at radius 1 is 1.07 bits per heavy atom. The maximum Gasteiger partial charge on any atom is 0.119 e. The van der Waals surface area contributed by atoms with Crippen molar-refractivity contribution in [3.63, 3.8) is 0 Å². The Morgan fingerprint density at radius 2 is 1.87 bits per heavy atom. The predicted molar refractivity (Wildman–Crippen MR) is 65.0 cm³/mol. The van der Waals surface area contributed by atoms with Crippen LogP contribution in [0.15, 0.2) is 67.3 Å². The van der Waals surface area contributed by atoms with E-state index in [0.29, 0.717) is 6.61 Å². The standard InChI is InChI=1S/C14H16O/c1-2-3-4-5-6-10-13-15-14-11-8-7-9-12-14/h2-9,11-12H,1,10,13H2. The van der Waals surface area contributed by atoms with Gasteiger partial charge in [-0.15, -0.1) is 0 Å². The maximum atomic E-state index is 5.52. The summed E-state index contributed by atoms with van der Waals surface area (Å²) in [6.45, 7) is 4.30. The molecule has 1 nitrogen and oxygen atoms in total. The molecule has 0 heterocycles. The molecule has 0 aromatic heterocycles. The van der Waals surface area contributed by atoms with Gasteiger partial charge in [0.1, 0.15) is 5.75 Å². The maximum absolute atomic E-state index is 5.52. The first-order valence-electron chi connectivity index (χ1n) is 5.05. The molecular weight excluding hydrogens is 184 g/mol. The monoisotopic (exact) mass is 200 g/mol. The number of para-hydroxylation sites is 1. The van der Waals surface area contributed by atoms with Crippen molar-refractivity contribution in [1.29, 1.82) is 0 Å². The van der Waals surface area contributed by atoms with Crippen LogP contribution in [0, 0.1) is 0 Å². The van der Waals surface area contributed by atoms with Gasteiger partial charge in [0.2, 0.25) is 0 Å². The molecule has 0 radical (unpaired) electrons. The molecule has 0 spiro atoms. The van der Waals surface area contributed by atoms with Gasteiger partial charge < -0.3 is 4.74 Å². The lowest BCUT2D eigenvalue weighted by Crippen LogP contribution is -1.94. The highest BCUT2D eigenvalue weighted by molar-refractivity contribution is 5.20. The van der Waals surface area contributed by atoms with E-state index in [-0.39, 0.29) is 0 Å². The second-order valence-electron chi connectivity index (χ2n) is 3.00. The fourth-order valence-electron chi connectivity index (χ4n) is 1.08. The highest BCUT2D eigenvalue weighted by Crippen LogP contribution is 2.08. The van der Waals surface area contributed by atoms with Crippen LogP contribution in [0.3, 0.4) is 0 Å². The summed E-state index contributed by atoms with van der Waals surface area (Å²) in [4.78, 5) is 0. The van der Waals surface area contributed by atoms with Gasteiger partial charge in [-0.25, -0.2) is 0 Å². The molecule has 0 fully saturated rings. The Morgan fingerprint density at radius 3 is 2.60 bits per heavy atom. The van der Waals surface area contributed by atoms with E-state index in [0.717, 1.165) is 12.2 Å². The molecule has 1 aromatic carbocycles. The van der Waals surface area contributed by atoms with Crippen molar-refractivity contribution in [2.45, 2.75) is 6.42 Å². The third-order valence-corrected chi connectivity index (χ3v) is 1.79. The number of hydrogen-bond donors (Lipinski definition) is 0. The van der Waals surface area contributed by atoms with Crippen molar-refractivity contribution < 1.29 is 4.74 Å². The minimum atomic E-state index is 0.711. The van der Waals surface area contributed by atoms with E-state index < -0.39 is 0 Å². The molecule has 0 aliphatic rings. The SMILES string of the molecule is C=CC=CC=CCCOc1ccccc1. The third-order valence-electron chi connectivity index (χ3n) is 1.79. The van der Waals surface area contributed by atoms with Crippen molar-refractivity contribution in [2.24, 2.45) is 0 Å². The highest BCUT2D eigenvalue weighted by atomic mass is 16.5. The Hall–Kier alpha value is -1.76. The molecule has 0 saturated heterocycles. The predicted octanol–water partition coefficient (Wildman–Crippen LogP) is 3.75. The summed E-state index contributed by atoms with van der Waals surface area (Å²) in [5, 5.41) is 0. The number of rotatable bonds is 6. The zero-order chi connectivity index (χ0) is 10.8. The van der Waals surface area contributed by atoms with Crippen molar-refractivity contribution in [1.82, 2.24) is 0 Å². The van der Waals surface area contributed by atoms with Crippen LogP contribution in [0.25, 0.3) is 0 Å². The molecule has 15 heavy (non-hydrogen) atoms. The molecule has 0 atom stereocenters. The molecule has 0 unspecified atom stereocenters. The third kappa shape index (κ3) is 5.53. The van der Waals surface area contributed by atoms with Gasteiger partial charge in [-0.1, -0.05) is 55.2 Å². The van der Waals surface area contributed by atoms with Crippen LogP contribution >= 0.6 is 0 Å². The minimum absolute atomic E-state index is 0.711. The lowest BCUT2D eigenvalue weighted by Gasteiger charge is -2.02. The molecule has 0 aliphatic carbocycles. The van der Waals surface area contributed by atoms with Crippen LogP contribution in [0.5, 0.6) is 5.75 Å². The number of hydrogen-bond acceptors (Lipinski definition) is 1. The fraction of sp³-hybridized carbons (Fsp3) is 0.143. The fourth-order valence-corrected chi connectivity index (χ4v) is 1.08. The molecular formula is C14H16O. The van der Waals surface area contributed by atoms with E-state index in [1.807, 2.05) is 48.6 Å². The average Bonchev–Trinajstić information content (AvgIpc) is 2.29. The largest absolute Gasteiger partial charge is 0.493 e. The van der Waals surface area contributed by atoms with Crippen LogP contribution < -0.4 is 4.74 Å². The summed E-state index contributed by atoms with van der Waals surface area (Å²) in [5.41, 5.74) is 0. The first-order chi connectivity index (χ1) is 7.43. The quantitative estimate of drug-likeness (QED) is 0.502. The van der Waals surface area contributed by atoms with Gasteiger partial charge >= 0.3 is 0 Å². The highest BCUT2D eigenvalue weighted by Gasteiger charge is 1.87. The molecule has 0 bridgehead atoms. The summed E-state index contributed by atoms with van der Waals surface area (Å²) in [7, 11) is 0. The lowest BCUT2D eigenvalue weighted by atomic mass is 10.3. The van der Waals surface area contributed by atoms with Crippen LogP contribution in [0.4, 0.5) is 0 Å². The van der Waals surface area contributed by atoms with Crippen molar-refractivity contribution in [3.05, 3.63) is 67.3 Å². The van der Waals surface area contributed by atoms with Crippen LogP contribution in [-0.4, -0.2) is 6.61 Å². The summed E-state index contributed by atoms with van der Waals surface area (Å²) in [6.07, 6.45) is 10.6. The smallest absolute Gasteiger partial charge is 0.119 e. The molecule has 0 N–H and O–H groups in total. The number of ether oxygens (including phenoxy) is 1. The Balaban J connectivity index is 2.14. The van der Waals surface area contributed by atoms with Crippen LogP contribution in [0.1, 0.15) is 6.42 Å². The topological polar surface area (TPSA) is 9.23 Å². The Labute approximate surface area is 91.4 Å². The second kappa shape index (κ2) is 7.63. The Kier molecular flexibility index (Phi) is 5.75. The van der Waals surface area contributed by atoms with E-state index in [4.69, 9.17) is 4.74 Å². The molecule has 1 aromatic rings. The number of benzene rings is 1. The van der Waals surface area contributed by atoms with Crippen molar-refractivity contribution in [3.8, 4) is 5.75 Å². The van der Waals surface area contributed by atoms with E-state index in [9.17, 15) is 0 Å². The van der Waals surface area contributed by atoms with Gasteiger partial charge in [-0.2, -0.15) is 0 Å². The van der Waals surface area contributed by atoms with Crippen molar-refractivity contribution in [2.75, 3.05) is 6.61 Å². The van der Waals surface area contributed by atoms with Crippen molar-refractivity contribution >= 4 is 0 Å². The summed E-state index contributed by atoms with van der Waals surface area (Å²) in [5.74, 6) is 0.924. The van der Waals surface area contributed by atoms with Crippen LogP contribution in [-0.2, 0) is 0 Å². The van der Waals surface area contributed by atoms with E-state index in [1.54, 1.807) is 6.08 Å². The van der Waals surface area contributed by atoms with Gasteiger partial charge in [0, 0.05) is 0 Å². The average molecular weight is 200 g/mol. The van der Waals surface area contributed by atoms with E-state index in [2.05, 4.69) is 12.7 Å².